The Morgan fingerprint density at radius 3 is 2.45 bits per heavy atom. The fourth-order valence-electron chi connectivity index (χ4n) is 2.53. The molecule has 0 saturated carbocycles. The van der Waals surface area contributed by atoms with Gasteiger partial charge in [-0.2, -0.15) is 0 Å². The van der Waals surface area contributed by atoms with Crippen molar-refractivity contribution < 1.29 is 17.9 Å². The molecule has 1 amide bonds. The number of carbonyl (C=O) groups is 1. The summed E-state index contributed by atoms with van der Waals surface area (Å²) in [7, 11) is -2.07. The van der Waals surface area contributed by atoms with Gasteiger partial charge in [0.2, 0.25) is 0 Å². The van der Waals surface area contributed by atoms with E-state index in [4.69, 9.17) is 4.74 Å². The Labute approximate surface area is 178 Å². The van der Waals surface area contributed by atoms with Crippen LogP contribution < -0.4 is 14.4 Å². The van der Waals surface area contributed by atoms with Gasteiger partial charge < -0.3 is 10.1 Å². The largest absolute Gasteiger partial charge is 0.484 e. The average Bonchev–Trinajstić information content (AvgIpc) is 3.42. The molecule has 1 aromatic carbocycles. The van der Waals surface area contributed by atoms with Gasteiger partial charge in [-0.1, -0.05) is 13.0 Å². The van der Waals surface area contributed by atoms with Crippen LogP contribution in [0.5, 0.6) is 5.75 Å². The number of aryl methyl sites for hydroxylation is 1. The molecule has 2 heterocycles. The number of nitrogens with one attached hydrogen (secondary N) is 1. The van der Waals surface area contributed by atoms with Crippen molar-refractivity contribution in [3.8, 4) is 5.75 Å². The molecule has 2 aromatic heterocycles. The van der Waals surface area contributed by atoms with E-state index in [0.717, 1.165) is 11.3 Å². The third-order valence-electron chi connectivity index (χ3n) is 4.21. The van der Waals surface area contributed by atoms with E-state index in [1.54, 1.807) is 53.1 Å². The third-order valence-corrected chi connectivity index (χ3v) is 8.59. The van der Waals surface area contributed by atoms with Crippen molar-refractivity contribution in [1.82, 2.24) is 5.32 Å². The van der Waals surface area contributed by atoms with E-state index in [1.807, 2.05) is 6.07 Å². The lowest BCUT2D eigenvalue weighted by Crippen LogP contribution is -2.28. The van der Waals surface area contributed by atoms with Crippen LogP contribution >= 0.6 is 22.7 Å². The van der Waals surface area contributed by atoms with Crippen LogP contribution in [0.4, 0.5) is 5.69 Å². The molecular formula is C20H22N2O4S3. The molecule has 0 radical (unpaired) electrons. The number of amides is 1. The molecule has 3 rings (SSSR count). The lowest BCUT2D eigenvalue weighted by atomic mass is 10.3. The van der Waals surface area contributed by atoms with E-state index in [2.05, 4.69) is 18.3 Å². The molecule has 0 aliphatic heterocycles. The van der Waals surface area contributed by atoms with Crippen molar-refractivity contribution in [2.45, 2.75) is 24.1 Å². The van der Waals surface area contributed by atoms with Crippen molar-refractivity contribution in [2.24, 2.45) is 0 Å². The molecule has 6 nitrogen and oxygen atoms in total. The Kier molecular flexibility index (Phi) is 6.94. The summed E-state index contributed by atoms with van der Waals surface area (Å²) < 4.78 is 32.1. The number of nitrogens with zero attached hydrogens (tertiary/aromatic N) is 1. The number of hydrogen-bond donors (Lipinski definition) is 1. The molecule has 9 heteroatoms. The van der Waals surface area contributed by atoms with Gasteiger partial charge in [-0.25, -0.2) is 8.42 Å². The Balaban J connectivity index is 1.51. The quantitative estimate of drug-likeness (QED) is 0.537. The summed E-state index contributed by atoms with van der Waals surface area (Å²) in [6.07, 6.45) is 0.988. The Hall–Kier alpha value is -2.36. The van der Waals surface area contributed by atoms with Gasteiger partial charge in [0.05, 0.1) is 12.2 Å². The highest BCUT2D eigenvalue weighted by Gasteiger charge is 2.22. The van der Waals surface area contributed by atoms with Gasteiger partial charge in [0.15, 0.2) is 6.61 Å². The summed E-state index contributed by atoms with van der Waals surface area (Å²) in [5, 5.41) is 4.56. The van der Waals surface area contributed by atoms with Crippen molar-refractivity contribution in [3.05, 3.63) is 63.7 Å². The lowest BCUT2D eigenvalue weighted by molar-refractivity contribution is -0.123. The summed E-state index contributed by atoms with van der Waals surface area (Å²) >= 11 is 2.86. The maximum atomic E-state index is 12.6. The first-order chi connectivity index (χ1) is 13.9. The second-order valence-corrected chi connectivity index (χ2v) is 10.6. The van der Waals surface area contributed by atoms with Crippen LogP contribution in [0.3, 0.4) is 0 Å². The third kappa shape index (κ3) is 5.37. The zero-order chi connectivity index (χ0) is 20.9. The van der Waals surface area contributed by atoms with Crippen LogP contribution in [0.15, 0.2) is 58.1 Å². The van der Waals surface area contributed by atoms with Gasteiger partial charge in [0, 0.05) is 16.8 Å². The van der Waals surface area contributed by atoms with Gasteiger partial charge in [-0.05, 0) is 54.3 Å². The first-order valence-electron chi connectivity index (χ1n) is 8.99. The molecule has 3 aromatic rings. The SMILES string of the molecule is CCc1ccc(CNC(=O)COc2ccc(N(C)S(=O)(=O)c3cccs3)cc2)s1. The van der Waals surface area contributed by atoms with Crippen LogP contribution in [0.25, 0.3) is 0 Å². The van der Waals surface area contributed by atoms with E-state index in [1.165, 1.54) is 27.6 Å². The highest BCUT2D eigenvalue weighted by molar-refractivity contribution is 7.94. The molecule has 0 bridgehead atoms. The van der Waals surface area contributed by atoms with Crippen LogP contribution in [0.2, 0.25) is 0 Å². The van der Waals surface area contributed by atoms with Gasteiger partial charge in [0.25, 0.3) is 15.9 Å². The molecule has 0 atom stereocenters. The number of benzene rings is 1. The predicted molar refractivity (Wildman–Crippen MR) is 117 cm³/mol. The summed E-state index contributed by atoms with van der Waals surface area (Å²) in [4.78, 5) is 14.4. The van der Waals surface area contributed by atoms with E-state index >= 15 is 0 Å². The molecule has 0 spiro atoms. The molecule has 154 valence electrons. The van der Waals surface area contributed by atoms with Gasteiger partial charge >= 0.3 is 0 Å². The minimum absolute atomic E-state index is 0.102. The van der Waals surface area contributed by atoms with Gasteiger partial charge in [-0.15, -0.1) is 22.7 Å². The standard InChI is InChI=1S/C20H22N2O4S3/c1-3-17-10-11-18(28-17)13-21-19(23)14-26-16-8-6-15(7-9-16)22(2)29(24,25)20-5-4-12-27-20/h4-12H,3,13-14H2,1-2H3,(H,21,23). The average molecular weight is 451 g/mol. The monoisotopic (exact) mass is 450 g/mol. The van der Waals surface area contributed by atoms with Crippen LogP contribution in [-0.4, -0.2) is 28.0 Å². The predicted octanol–water partition coefficient (Wildman–Crippen LogP) is 3.89. The minimum Gasteiger partial charge on any atom is -0.484 e. The maximum Gasteiger partial charge on any atom is 0.273 e. The zero-order valence-corrected chi connectivity index (χ0v) is 18.6. The Bertz CT molecular complexity index is 1040. The summed E-state index contributed by atoms with van der Waals surface area (Å²) in [6, 6.07) is 14.0. The normalized spacial score (nSPS) is 11.2. The minimum atomic E-state index is -3.57. The number of hydrogen-bond acceptors (Lipinski definition) is 6. The molecule has 0 saturated heterocycles. The zero-order valence-electron chi connectivity index (χ0n) is 16.1. The molecule has 29 heavy (non-hydrogen) atoms. The number of thiophene rings is 2. The van der Waals surface area contributed by atoms with E-state index in [0.29, 0.717) is 18.0 Å². The van der Waals surface area contributed by atoms with Crippen molar-refractivity contribution in [1.29, 1.82) is 0 Å². The van der Waals surface area contributed by atoms with E-state index in [9.17, 15) is 13.2 Å². The lowest BCUT2D eigenvalue weighted by Gasteiger charge is -2.18. The smallest absolute Gasteiger partial charge is 0.273 e. The van der Waals surface area contributed by atoms with E-state index < -0.39 is 10.0 Å². The number of rotatable bonds is 9. The molecule has 0 fully saturated rings. The number of carbonyl (C=O) groups excluding carboxylic acids is 1. The molecular weight excluding hydrogens is 428 g/mol. The van der Waals surface area contributed by atoms with Crippen LogP contribution in [0, 0.1) is 0 Å². The summed E-state index contributed by atoms with van der Waals surface area (Å²) in [5.74, 6) is 0.285. The van der Waals surface area contributed by atoms with Gasteiger partial charge in [0.1, 0.15) is 9.96 Å². The fourth-order valence-corrected chi connectivity index (χ4v) is 5.78. The fraction of sp³-hybridized carbons (Fsp3) is 0.250. The first kappa shape index (κ1) is 21.4. The highest BCUT2D eigenvalue weighted by Crippen LogP contribution is 2.26. The highest BCUT2D eigenvalue weighted by atomic mass is 32.2. The van der Waals surface area contributed by atoms with Crippen molar-refractivity contribution in [2.75, 3.05) is 18.0 Å². The topological polar surface area (TPSA) is 75.7 Å². The molecule has 0 aliphatic carbocycles. The first-order valence-corrected chi connectivity index (χ1v) is 12.1. The van der Waals surface area contributed by atoms with Crippen LogP contribution in [0.1, 0.15) is 16.7 Å². The Morgan fingerprint density at radius 1 is 1.10 bits per heavy atom. The van der Waals surface area contributed by atoms with Crippen molar-refractivity contribution >= 4 is 44.3 Å². The molecule has 1 N–H and O–H groups in total. The van der Waals surface area contributed by atoms with Crippen molar-refractivity contribution in [3.63, 3.8) is 0 Å². The second kappa shape index (κ2) is 9.43. The molecule has 0 aliphatic rings. The summed E-state index contributed by atoms with van der Waals surface area (Å²) in [5.41, 5.74) is 0.514. The number of sulfonamides is 1. The number of ether oxygens (including phenoxy) is 1. The van der Waals surface area contributed by atoms with Gasteiger partial charge in [-0.3, -0.25) is 9.10 Å². The Morgan fingerprint density at radius 2 is 1.83 bits per heavy atom. The van der Waals surface area contributed by atoms with Crippen LogP contribution in [-0.2, 0) is 27.8 Å². The summed E-state index contributed by atoms with van der Waals surface area (Å²) in [6.45, 7) is 2.48. The number of anilines is 1. The maximum absolute atomic E-state index is 12.6. The molecule has 0 unspecified atom stereocenters. The second-order valence-electron chi connectivity index (χ2n) is 6.19. The van der Waals surface area contributed by atoms with E-state index in [-0.39, 0.29) is 16.7 Å².